The van der Waals surface area contributed by atoms with Gasteiger partial charge in [-0.15, -0.1) is 0 Å². The third-order valence-corrected chi connectivity index (χ3v) is 6.58. The smallest absolute Gasteiger partial charge is 0.0623 e. The lowest BCUT2D eigenvalue weighted by Crippen LogP contribution is -2.09. The highest BCUT2D eigenvalue weighted by Gasteiger charge is 2.13. The maximum Gasteiger partial charge on any atom is 0.0623 e. The Kier molecular flexibility index (Phi) is 6.35. The van der Waals surface area contributed by atoms with E-state index in [9.17, 15) is 0 Å². The van der Waals surface area contributed by atoms with Crippen molar-refractivity contribution in [2.24, 2.45) is 0 Å². The number of hydrogen-bond acceptors (Lipinski definition) is 2. The number of anilines is 6. The Balaban J connectivity index is 1.32. The van der Waals surface area contributed by atoms with Crippen LogP contribution in [-0.2, 0) is 0 Å². The first-order chi connectivity index (χ1) is 19.3. The van der Waals surface area contributed by atoms with Gasteiger partial charge in [0.2, 0.25) is 0 Å². The van der Waals surface area contributed by atoms with Crippen molar-refractivity contribution in [2.75, 3.05) is 9.80 Å². The highest BCUT2D eigenvalue weighted by Crippen LogP contribution is 2.37. The summed E-state index contributed by atoms with van der Waals surface area (Å²) < 4.78 is 8.13. The van der Waals surface area contributed by atoms with Crippen molar-refractivity contribution >= 4 is 34.1 Å². The molecule has 182 valence electrons. The quantitative estimate of drug-likeness (QED) is 0.220. The normalized spacial score (nSPS) is 11.0. The summed E-state index contributed by atoms with van der Waals surface area (Å²) in [5.74, 6) is 0. The van der Waals surface area contributed by atoms with E-state index in [1.807, 2.05) is 48.5 Å². The molecule has 0 N–H and O–H groups in total. The highest BCUT2D eigenvalue weighted by molar-refractivity contribution is 5.80. The molecule has 6 aromatic rings. The third-order valence-electron chi connectivity index (χ3n) is 6.58. The number of nitrogens with zero attached hydrogens (tertiary/aromatic N) is 2. The lowest BCUT2D eigenvalue weighted by molar-refractivity contribution is 1.28. The standard InChI is InChI=1S/C36H28N2/c1-5-13-31(14-6-1)37(32-15-7-2-8-16-32)35-25-21-29(22-26-35)30-23-27-36(28-24-30)38(33-17-9-3-10-18-33)34-19-11-4-12-20-34/h1-28H/i5T. The zero-order valence-electron chi connectivity index (χ0n) is 22.0. The first kappa shape index (κ1) is 22.1. The molecule has 0 heterocycles. The van der Waals surface area contributed by atoms with Crippen LogP contribution in [0.15, 0.2) is 170 Å². The van der Waals surface area contributed by atoms with E-state index in [0.29, 0.717) is 6.04 Å². The summed E-state index contributed by atoms with van der Waals surface area (Å²) in [6.07, 6.45) is 0. The fourth-order valence-corrected chi connectivity index (χ4v) is 4.75. The van der Waals surface area contributed by atoms with Gasteiger partial charge in [0.1, 0.15) is 0 Å². The lowest BCUT2D eigenvalue weighted by atomic mass is 10.0. The van der Waals surface area contributed by atoms with Gasteiger partial charge in [-0.3, -0.25) is 0 Å². The Morgan fingerprint density at radius 2 is 0.579 bits per heavy atom. The predicted octanol–water partition coefficient (Wildman–Crippen LogP) is 10.3. The third kappa shape index (κ3) is 4.93. The molecule has 0 saturated heterocycles. The molecule has 0 aliphatic carbocycles. The van der Waals surface area contributed by atoms with Crippen molar-refractivity contribution in [1.82, 2.24) is 0 Å². The molecule has 0 aliphatic heterocycles. The van der Waals surface area contributed by atoms with Gasteiger partial charge in [0.15, 0.2) is 0 Å². The fourth-order valence-electron chi connectivity index (χ4n) is 4.75. The van der Waals surface area contributed by atoms with Crippen molar-refractivity contribution in [3.63, 3.8) is 0 Å². The summed E-state index contributed by atoms with van der Waals surface area (Å²) in [5, 5.41) is 0. The van der Waals surface area contributed by atoms with Crippen molar-refractivity contribution in [3.8, 4) is 11.1 Å². The number of benzene rings is 6. The van der Waals surface area contributed by atoms with Crippen LogP contribution in [0.3, 0.4) is 0 Å². The van der Waals surface area contributed by atoms with Crippen LogP contribution in [0, 0.1) is 0 Å². The Bertz CT molecular complexity index is 1590. The molecule has 0 unspecified atom stereocenters. The lowest BCUT2D eigenvalue weighted by Gasteiger charge is -2.26. The number of para-hydroxylation sites is 4. The molecule has 0 atom stereocenters. The first-order valence-corrected chi connectivity index (χ1v) is 12.8. The minimum atomic E-state index is 0.491. The van der Waals surface area contributed by atoms with E-state index in [0.717, 1.165) is 45.3 Å². The van der Waals surface area contributed by atoms with E-state index < -0.39 is 0 Å². The summed E-state index contributed by atoms with van der Waals surface area (Å²) in [4.78, 5) is 4.45. The molecule has 0 bridgehead atoms. The van der Waals surface area contributed by atoms with Gasteiger partial charge < -0.3 is 9.80 Å². The maximum atomic E-state index is 8.13. The Labute approximate surface area is 226 Å². The van der Waals surface area contributed by atoms with E-state index in [-0.39, 0.29) is 0 Å². The predicted molar refractivity (Wildman–Crippen MR) is 161 cm³/mol. The number of hydrogen-bond donors (Lipinski definition) is 0. The van der Waals surface area contributed by atoms with Crippen LogP contribution in [0.1, 0.15) is 1.37 Å². The van der Waals surface area contributed by atoms with Crippen molar-refractivity contribution in [3.05, 3.63) is 170 Å². The van der Waals surface area contributed by atoms with Gasteiger partial charge in [0, 0.05) is 34.1 Å². The summed E-state index contributed by atoms with van der Waals surface area (Å²) >= 11 is 0. The molecule has 6 aromatic carbocycles. The van der Waals surface area contributed by atoms with E-state index in [4.69, 9.17) is 1.37 Å². The zero-order valence-corrected chi connectivity index (χ0v) is 21.0. The molecule has 0 saturated carbocycles. The average molecular weight is 491 g/mol. The average Bonchev–Trinajstić information content (AvgIpc) is 3.00. The van der Waals surface area contributed by atoms with Gasteiger partial charge in [-0.25, -0.2) is 0 Å². The molecule has 0 radical (unpaired) electrons. The van der Waals surface area contributed by atoms with Crippen LogP contribution < -0.4 is 9.80 Å². The van der Waals surface area contributed by atoms with E-state index in [1.165, 1.54) is 0 Å². The van der Waals surface area contributed by atoms with Crippen LogP contribution in [0.2, 0.25) is 0 Å². The monoisotopic (exact) mass is 490 g/mol. The molecule has 6 rings (SSSR count). The van der Waals surface area contributed by atoms with E-state index in [1.54, 1.807) is 6.07 Å². The summed E-state index contributed by atoms with van der Waals surface area (Å²) in [6, 6.07) is 56.7. The number of rotatable bonds is 7. The summed E-state index contributed by atoms with van der Waals surface area (Å²) in [6.45, 7) is 0. The van der Waals surface area contributed by atoms with Crippen LogP contribution in [-0.4, -0.2) is 0 Å². The molecule has 0 spiro atoms. The minimum absolute atomic E-state index is 0.491. The molecular weight excluding hydrogens is 460 g/mol. The highest BCUT2D eigenvalue weighted by atomic mass is 15.1. The van der Waals surface area contributed by atoms with Gasteiger partial charge in [0.05, 0.1) is 1.37 Å². The molecule has 0 amide bonds. The van der Waals surface area contributed by atoms with Crippen LogP contribution >= 0.6 is 0 Å². The maximum absolute atomic E-state index is 8.13. The second-order valence-corrected chi connectivity index (χ2v) is 9.03. The second-order valence-electron chi connectivity index (χ2n) is 9.03. The molecule has 38 heavy (non-hydrogen) atoms. The molecule has 0 aromatic heterocycles. The van der Waals surface area contributed by atoms with Gasteiger partial charge >= 0.3 is 0 Å². The SMILES string of the molecule is [3H]c1cccc(N(c2ccccc2)c2ccc(-c3ccc(N(c4ccccc4)c4ccccc4)cc3)cc2)c1. The van der Waals surface area contributed by atoms with Crippen molar-refractivity contribution in [2.45, 2.75) is 0 Å². The van der Waals surface area contributed by atoms with Crippen molar-refractivity contribution < 1.29 is 1.37 Å². The first-order valence-electron chi connectivity index (χ1n) is 13.3. The Hall–Kier alpha value is -5.08. The minimum Gasteiger partial charge on any atom is -0.311 e. The molecule has 0 fully saturated rings. The van der Waals surface area contributed by atoms with Gasteiger partial charge in [0.25, 0.3) is 0 Å². The molecule has 0 aliphatic rings. The largest absolute Gasteiger partial charge is 0.311 e. The van der Waals surface area contributed by atoms with E-state index in [2.05, 4.69) is 119 Å². The van der Waals surface area contributed by atoms with Gasteiger partial charge in [-0.2, -0.15) is 0 Å². The zero-order chi connectivity index (χ0) is 26.4. The topological polar surface area (TPSA) is 6.48 Å². The van der Waals surface area contributed by atoms with Crippen LogP contribution in [0.4, 0.5) is 34.1 Å². The molecular formula is C36H28N2. The molecule has 2 heteroatoms. The fraction of sp³-hybridized carbons (Fsp3) is 0. The van der Waals surface area contributed by atoms with Crippen LogP contribution in [0.5, 0.6) is 0 Å². The van der Waals surface area contributed by atoms with Gasteiger partial charge in [-0.05, 0) is 83.9 Å². The Morgan fingerprint density at radius 3 is 0.921 bits per heavy atom. The Morgan fingerprint density at radius 1 is 0.289 bits per heavy atom. The second kappa shape index (κ2) is 10.9. The molecule has 2 nitrogen and oxygen atoms in total. The van der Waals surface area contributed by atoms with E-state index >= 15 is 0 Å². The van der Waals surface area contributed by atoms with Gasteiger partial charge in [-0.1, -0.05) is 97.0 Å². The summed E-state index contributed by atoms with van der Waals surface area (Å²) in [5.41, 5.74) is 8.74. The van der Waals surface area contributed by atoms with Crippen LogP contribution in [0.25, 0.3) is 11.1 Å². The summed E-state index contributed by atoms with van der Waals surface area (Å²) in [7, 11) is 0. The van der Waals surface area contributed by atoms with Crippen molar-refractivity contribution in [1.29, 1.82) is 0 Å².